The molecule has 0 unspecified atom stereocenters. The monoisotopic (exact) mass is 649 g/mol. The topological polar surface area (TPSA) is 65.7 Å². The van der Waals surface area contributed by atoms with Crippen LogP contribution in [0.4, 0.5) is 4.39 Å². The van der Waals surface area contributed by atoms with Gasteiger partial charge < -0.3 is 9.47 Å². The predicted molar refractivity (Wildman–Crippen MR) is 152 cm³/mol. The molecule has 0 saturated heterocycles. The molecule has 0 aliphatic rings. The van der Waals surface area contributed by atoms with E-state index >= 15 is 0 Å². The van der Waals surface area contributed by atoms with Gasteiger partial charge >= 0.3 is 0 Å². The normalized spacial score (nSPS) is 11.6. The highest BCUT2D eigenvalue weighted by molar-refractivity contribution is 9.10. The van der Waals surface area contributed by atoms with E-state index in [9.17, 15) is 9.18 Å². The number of benzene rings is 3. The Hall–Kier alpha value is -2.75. The first-order chi connectivity index (χ1) is 17.7. The summed E-state index contributed by atoms with van der Waals surface area (Å²) in [5.74, 6) is 0.728. The fourth-order valence-electron chi connectivity index (χ4n) is 3.63. The Morgan fingerprint density at radius 3 is 2.62 bits per heavy atom. The molecule has 6 nitrogen and oxygen atoms in total. The zero-order valence-corrected chi connectivity index (χ0v) is 24.2. The van der Waals surface area contributed by atoms with Crippen LogP contribution in [-0.4, -0.2) is 22.5 Å². The summed E-state index contributed by atoms with van der Waals surface area (Å²) in [6.07, 6.45) is 1.51. The molecule has 37 heavy (non-hydrogen) atoms. The van der Waals surface area contributed by atoms with Crippen LogP contribution in [-0.2, 0) is 6.61 Å². The van der Waals surface area contributed by atoms with E-state index in [0.717, 1.165) is 4.47 Å². The third kappa shape index (κ3) is 5.89. The smallest absolute Gasteiger partial charge is 0.282 e. The van der Waals surface area contributed by atoms with Crippen LogP contribution >= 0.6 is 43.5 Å². The first-order valence-corrected chi connectivity index (χ1v) is 13.4. The maximum Gasteiger partial charge on any atom is 0.282 e. The summed E-state index contributed by atoms with van der Waals surface area (Å²) in [6.45, 7) is 6.04. The van der Waals surface area contributed by atoms with Crippen molar-refractivity contribution < 1.29 is 13.9 Å². The molecule has 0 fully saturated rings. The molecule has 0 amide bonds. The molecule has 1 aromatic heterocycles. The van der Waals surface area contributed by atoms with Crippen molar-refractivity contribution in [2.45, 2.75) is 33.3 Å². The number of hydrogen-bond acceptors (Lipinski definition) is 5. The number of aromatic nitrogens is 2. The zero-order chi connectivity index (χ0) is 26.7. The molecule has 0 bridgehead atoms. The van der Waals surface area contributed by atoms with E-state index in [1.165, 1.54) is 17.0 Å². The fraction of sp³-hybridized carbons (Fsp3) is 0.222. The van der Waals surface area contributed by atoms with Crippen molar-refractivity contribution in [2.75, 3.05) is 6.61 Å². The Morgan fingerprint density at radius 2 is 1.92 bits per heavy atom. The molecule has 0 radical (unpaired) electrons. The summed E-state index contributed by atoms with van der Waals surface area (Å²) in [6, 6.07) is 13.4. The molecule has 0 aliphatic carbocycles. The molecular formula is C27H23Br2ClFN3O3. The van der Waals surface area contributed by atoms with Gasteiger partial charge in [0.2, 0.25) is 0 Å². The van der Waals surface area contributed by atoms with Crippen LogP contribution < -0.4 is 15.0 Å². The minimum absolute atomic E-state index is 0.0300. The van der Waals surface area contributed by atoms with Gasteiger partial charge in [0, 0.05) is 26.0 Å². The molecule has 3 aromatic carbocycles. The van der Waals surface area contributed by atoms with E-state index < -0.39 is 0 Å². The Labute approximate surface area is 235 Å². The van der Waals surface area contributed by atoms with E-state index in [2.05, 4.69) is 41.9 Å². The molecule has 1 heterocycles. The van der Waals surface area contributed by atoms with E-state index in [0.29, 0.717) is 44.7 Å². The summed E-state index contributed by atoms with van der Waals surface area (Å²) in [5.41, 5.74) is 1.26. The number of halogens is 4. The van der Waals surface area contributed by atoms with Crippen molar-refractivity contribution >= 4 is 60.6 Å². The quantitative estimate of drug-likeness (QED) is 0.183. The molecule has 0 atom stereocenters. The van der Waals surface area contributed by atoms with Crippen LogP contribution in [0.1, 0.15) is 43.6 Å². The highest BCUT2D eigenvalue weighted by Crippen LogP contribution is 2.42. The zero-order valence-electron chi connectivity index (χ0n) is 20.3. The highest BCUT2D eigenvalue weighted by Gasteiger charge is 2.19. The molecule has 192 valence electrons. The van der Waals surface area contributed by atoms with Gasteiger partial charge in [0.15, 0.2) is 11.5 Å². The molecule has 0 spiro atoms. The Morgan fingerprint density at radius 1 is 1.16 bits per heavy atom. The number of hydrogen-bond donors (Lipinski definition) is 0. The SMILES string of the molecule is CCOc1cc(C=Nn2c(C(C)C)nc3ccc(Br)cc3c2=O)c(Br)c(Cl)c1OCc1ccccc1F. The minimum atomic E-state index is -0.373. The molecule has 10 heteroatoms. The molecule has 0 aliphatic heterocycles. The van der Waals surface area contributed by atoms with Crippen molar-refractivity contribution in [3.05, 3.63) is 95.6 Å². The first kappa shape index (κ1) is 27.3. The van der Waals surface area contributed by atoms with Gasteiger partial charge in [0.05, 0.1) is 23.7 Å². The summed E-state index contributed by atoms with van der Waals surface area (Å²) >= 11 is 13.6. The summed E-state index contributed by atoms with van der Waals surface area (Å²) < 4.78 is 28.3. The van der Waals surface area contributed by atoms with Gasteiger partial charge in [-0.15, -0.1) is 0 Å². The standard InChI is InChI=1S/C27H23Br2ClFN3O3/c1-4-36-22-11-17(23(29)24(30)25(22)37-14-16-7-5-6-8-20(16)31)13-32-34-26(15(2)3)33-21-10-9-18(28)12-19(21)27(34)35/h5-13,15H,4,14H2,1-3H3. The van der Waals surface area contributed by atoms with E-state index in [1.807, 2.05) is 26.8 Å². The van der Waals surface area contributed by atoms with Crippen molar-refractivity contribution in [3.8, 4) is 11.5 Å². The van der Waals surface area contributed by atoms with Gasteiger partial charge in [0.25, 0.3) is 5.56 Å². The lowest BCUT2D eigenvalue weighted by Crippen LogP contribution is -2.23. The number of fused-ring (bicyclic) bond motifs is 1. The van der Waals surface area contributed by atoms with Gasteiger partial charge in [0.1, 0.15) is 23.3 Å². The Bertz CT molecular complexity index is 1560. The number of rotatable bonds is 8. The lowest BCUT2D eigenvalue weighted by atomic mass is 10.2. The first-order valence-electron chi connectivity index (χ1n) is 11.5. The molecular weight excluding hydrogens is 629 g/mol. The minimum Gasteiger partial charge on any atom is -0.490 e. The molecule has 4 aromatic rings. The summed E-state index contributed by atoms with van der Waals surface area (Å²) in [5, 5.41) is 5.16. The van der Waals surface area contributed by atoms with Crippen LogP contribution in [0.3, 0.4) is 0 Å². The van der Waals surface area contributed by atoms with Gasteiger partial charge in [-0.2, -0.15) is 9.78 Å². The van der Waals surface area contributed by atoms with E-state index in [4.69, 9.17) is 21.1 Å². The van der Waals surface area contributed by atoms with Crippen LogP contribution in [0.15, 0.2) is 67.4 Å². The maximum absolute atomic E-state index is 14.1. The average Bonchev–Trinajstić information content (AvgIpc) is 2.87. The van der Waals surface area contributed by atoms with Gasteiger partial charge in [-0.05, 0) is 53.2 Å². The van der Waals surface area contributed by atoms with Crippen LogP contribution in [0.25, 0.3) is 10.9 Å². The van der Waals surface area contributed by atoms with Crippen LogP contribution in [0, 0.1) is 5.82 Å². The maximum atomic E-state index is 14.1. The number of nitrogens with zero attached hydrogens (tertiary/aromatic N) is 3. The molecule has 0 saturated carbocycles. The Kier molecular flexibility index (Phi) is 8.67. The average molecular weight is 652 g/mol. The highest BCUT2D eigenvalue weighted by atomic mass is 79.9. The summed E-state index contributed by atoms with van der Waals surface area (Å²) in [4.78, 5) is 18.0. The second-order valence-electron chi connectivity index (χ2n) is 8.38. The third-order valence-corrected chi connectivity index (χ3v) is 7.38. The van der Waals surface area contributed by atoms with Crippen LogP contribution in [0.2, 0.25) is 5.02 Å². The predicted octanol–water partition coefficient (Wildman–Crippen LogP) is 7.70. The van der Waals surface area contributed by atoms with E-state index in [1.54, 1.807) is 36.4 Å². The largest absolute Gasteiger partial charge is 0.490 e. The van der Waals surface area contributed by atoms with E-state index in [-0.39, 0.29) is 34.7 Å². The third-order valence-electron chi connectivity index (χ3n) is 5.45. The van der Waals surface area contributed by atoms with Crippen LogP contribution in [0.5, 0.6) is 11.5 Å². The van der Waals surface area contributed by atoms with Crippen molar-refractivity contribution in [1.29, 1.82) is 0 Å². The van der Waals surface area contributed by atoms with Gasteiger partial charge in [-0.25, -0.2) is 9.37 Å². The lowest BCUT2D eigenvalue weighted by Gasteiger charge is -2.16. The van der Waals surface area contributed by atoms with Crippen molar-refractivity contribution in [3.63, 3.8) is 0 Å². The Balaban J connectivity index is 1.76. The second kappa shape index (κ2) is 11.8. The van der Waals surface area contributed by atoms with Gasteiger partial charge in [-0.1, -0.05) is 59.6 Å². The fourth-order valence-corrected chi connectivity index (χ4v) is 4.65. The second-order valence-corrected chi connectivity index (χ2v) is 10.5. The number of ether oxygens (including phenoxy) is 2. The summed E-state index contributed by atoms with van der Waals surface area (Å²) in [7, 11) is 0. The molecule has 0 N–H and O–H groups in total. The molecule has 4 rings (SSSR count). The van der Waals surface area contributed by atoms with Crippen molar-refractivity contribution in [2.24, 2.45) is 5.10 Å². The van der Waals surface area contributed by atoms with Crippen molar-refractivity contribution in [1.82, 2.24) is 9.66 Å². The lowest BCUT2D eigenvalue weighted by molar-refractivity contribution is 0.266. The van der Waals surface area contributed by atoms with Gasteiger partial charge in [-0.3, -0.25) is 4.79 Å².